The van der Waals surface area contributed by atoms with Crippen LogP contribution in [0, 0.1) is 62.6 Å². The molecule has 5 aliphatic rings. The third-order valence-electron chi connectivity index (χ3n) is 14.5. The molecular formula is C36H58O6. The van der Waals surface area contributed by atoms with Crippen molar-refractivity contribution in [3.05, 3.63) is 0 Å². The molecule has 12 atom stereocenters. The van der Waals surface area contributed by atoms with Crippen LogP contribution in [-0.2, 0) is 28.6 Å². The Morgan fingerprint density at radius 2 is 1.12 bits per heavy atom. The third kappa shape index (κ3) is 4.41. The lowest BCUT2D eigenvalue weighted by Gasteiger charge is -2.74. The van der Waals surface area contributed by atoms with Crippen molar-refractivity contribution >= 4 is 17.9 Å². The second-order valence-electron chi connectivity index (χ2n) is 17.1. The highest BCUT2D eigenvalue weighted by Gasteiger charge is 2.74. The maximum atomic E-state index is 12.7. The van der Waals surface area contributed by atoms with Gasteiger partial charge in [0, 0.05) is 38.0 Å². The first kappa shape index (κ1) is 31.8. The van der Waals surface area contributed by atoms with Crippen LogP contribution in [0.2, 0.25) is 0 Å². The van der Waals surface area contributed by atoms with Crippen LogP contribution in [0.15, 0.2) is 0 Å². The van der Waals surface area contributed by atoms with Gasteiger partial charge in [-0.25, -0.2) is 0 Å². The zero-order chi connectivity index (χ0) is 31.2. The number of fused-ring (bicyclic) bond motifs is 7. The highest BCUT2D eigenvalue weighted by Crippen LogP contribution is 2.78. The van der Waals surface area contributed by atoms with Gasteiger partial charge < -0.3 is 14.2 Å². The average Bonchev–Trinajstić information content (AvgIpc) is 3.19. The van der Waals surface area contributed by atoms with Crippen LogP contribution in [0.1, 0.15) is 128 Å². The molecule has 42 heavy (non-hydrogen) atoms. The Morgan fingerprint density at radius 3 is 1.64 bits per heavy atom. The number of hydrogen-bond acceptors (Lipinski definition) is 6. The standard InChI is InChI=1S/C36H58O6/c1-20(2)24-14-16-33(8)27-12-13-28-34(9)17-15-29(42-23(5)39)32(6,7)31(34)26(41-22(4)38)19-36(28,11)35(27,10)18-25(30(24)33)40-21(3)37/h20,24-31H,12-19H2,1-11H3/t24-,25-,26-,27+,28+,29-,30+,31-,33+,34+,35+,36+/m0/s1. The Morgan fingerprint density at radius 1 is 0.643 bits per heavy atom. The topological polar surface area (TPSA) is 78.9 Å². The molecule has 238 valence electrons. The second-order valence-corrected chi connectivity index (χ2v) is 17.1. The van der Waals surface area contributed by atoms with E-state index in [0.29, 0.717) is 29.6 Å². The van der Waals surface area contributed by atoms with E-state index in [-0.39, 0.29) is 69.2 Å². The Kier molecular flexibility index (Phi) is 7.75. The molecule has 0 unspecified atom stereocenters. The summed E-state index contributed by atoms with van der Waals surface area (Å²) in [5, 5.41) is 0. The molecule has 0 heterocycles. The van der Waals surface area contributed by atoms with Gasteiger partial charge in [0.25, 0.3) is 0 Å². The normalized spacial score (nSPS) is 49.1. The van der Waals surface area contributed by atoms with Crippen LogP contribution >= 0.6 is 0 Å². The van der Waals surface area contributed by atoms with E-state index < -0.39 is 0 Å². The van der Waals surface area contributed by atoms with E-state index in [0.717, 1.165) is 32.1 Å². The predicted octanol–water partition coefficient (Wildman–Crippen LogP) is 7.76. The van der Waals surface area contributed by atoms with E-state index >= 15 is 0 Å². The first-order valence-electron chi connectivity index (χ1n) is 16.8. The Labute approximate surface area is 254 Å². The lowest BCUT2D eigenvalue weighted by atomic mass is 9.31. The maximum absolute atomic E-state index is 12.7. The molecule has 0 aromatic heterocycles. The largest absolute Gasteiger partial charge is 0.462 e. The van der Waals surface area contributed by atoms with Crippen molar-refractivity contribution in [1.29, 1.82) is 0 Å². The summed E-state index contributed by atoms with van der Waals surface area (Å²) in [5.74, 6) is 1.89. The van der Waals surface area contributed by atoms with E-state index in [4.69, 9.17) is 14.2 Å². The summed E-state index contributed by atoms with van der Waals surface area (Å²) < 4.78 is 18.6. The quantitative estimate of drug-likeness (QED) is 0.247. The van der Waals surface area contributed by atoms with Crippen LogP contribution in [0.3, 0.4) is 0 Å². The lowest BCUT2D eigenvalue weighted by molar-refractivity contribution is -0.291. The van der Waals surface area contributed by atoms with E-state index in [1.165, 1.54) is 33.1 Å². The molecule has 0 saturated heterocycles. The molecule has 0 bridgehead atoms. The molecule has 0 radical (unpaired) electrons. The number of esters is 3. The highest BCUT2D eigenvalue weighted by molar-refractivity contribution is 5.67. The molecular weight excluding hydrogens is 528 g/mol. The van der Waals surface area contributed by atoms with Gasteiger partial charge in [-0.3, -0.25) is 14.4 Å². The van der Waals surface area contributed by atoms with Gasteiger partial charge in [-0.2, -0.15) is 0 Å². The van der Waals surface area contributed by atoms with Crippen LogP contribution < -0.4 is 0 Å². The fourth-order valence-electron chi connectivity index (χ4n) is 13.3. The van der Waals surface area contributed by atoms with Crippen molar-refractivity contribution in [2.45, 2.75) is 146 Å². The Bertz CT molecular complexity index is 1110. The summed E-state index contributed by atoms with van der Waals surface area (Å²) >= 11 is 0. The molecule has 0 aromatic rings. The van der Waals surface area contributed by atoms with Gasteiger partial charge in [-0.1, -0.05) is 55.4 Å². The molecule has 5 rings (SSSR count). The fraction of sp³-hybridized carbons (Fsp3) is 0.917. The van der Waals surface area contributed by atoms with Gasteiger partial charge in [0.1, 0.15) is 18.3 Å². The van der Waals surface area contributed by atoms with Crippen molar-refractivity contribution in [3.63, 3.8) is 0 Å². The second kappa shape index (κ2) is 10.2. The van der Waals surface area contributed by atoms with Crippen molar-refractivity contribution in [1.82, 2.24) is 0 Å². The molecule has 0 aliphatic heterocycles. The van der Waals surface area contributed by atoms with E-state index in [1.54, 1.807) is 6.92 Å². The predicted molar refractivity (Wildman–Crippen MR) is 162 cm³/mol. The third-order valence-corrected chi connectivity index (χ3v) is 14.5. The van der Waals surface area contributed by atoms with Crippen molar-refractivity contribution in [2.24, 2.45) is 62.6 Å². The molecule has 6 heteroatoms. The van der Waals surface area contributed by atoms with Gasteiger partial charge >= 0.3 is 17.9 Å². The van der Waals surface area contributed by atoms with Crippen molar-refractivity contribution in [3.8, 4) is 0 Å². The highest BCUT2D eigenvalue weighted by atomic mass is 16.6. The molecule has 5 aliphatic carbocycles. The molecule has 6 nitrogen and oxygen atoms in total. The summed E-state index contributed by atoms with van der Waals surface area (Å²) in [4.78, 5) is 37.4. The zero-order valence-corrected chi connectivity index (χ0v) is 28.3. The Hall–Kier alpha value is -1.59. The van der Waals surface area contributed by atoms with Crippen LogP contribution in [0.25, 0.3) is 0 Å². The van der Waals surface area contributed by atoms with Gasteiger partial charge in [-0.05, 0) is 96.7 Å². The molecule has 5 saturated carbocycles. The van der Waals surface area contributed by atoms with Crippen LogP contribution in [0.4, 0.5) is 0 Å². The summed E-state index contributed by atoms with van der Waals surface area (Å²) in [7, 11) is 0. The number of ether oxygens (including phenoxy) is 3. The number of carbonyl (C=O) groups excluding carboxylic acids is 3. The van der Waals surface area contributed by atoms with E-state index in [1.807, 2.05) is 0 Å². The van der Waals surface area contributed by atoms with E-state index in [9.17, 15) is 14.4 Å². The summed E-state index contributed by atoms with van der Waals surface area (Å²) in [6.07, 6.45) is 7.63. The number of rotatable bonds is 4. The van der Waals surface area contributed by atoms with Gasteiger partial charge in [-0.15, -0.1) is 0 Å². The number of carbonyl (C=O) groups is 3. The summed E-state index contributed by atoms with van der Waals surface area (Å²) in [6, 6.07) is 0. The summed E-state index contributed by atoms with van der Waals surface area (Å²) in [5.41, 5.74) is -0.481. The maximum Gasteiger partial charge on any atom is 0.302 e. The van der Waals surface area contributed by atoms with Gasteiger partial charge in [0.15, 0.2) is 0 Å². The van der Waals surface area contributed by atoms with Crippen LogP contribution in [-0.4, -0.2) is 36.2 Å². The average molecular weight is 587 g/mol. The molecule has 0 aromatic carbocycles. The first-order chi connectivity index (χ1) is 19.3. The minimum Gasteiger partial charge on any atom is -0.462 e. The van der Waals surface area contributed by atoms with E-state index in [2.05, 4.69) is 55.4 Å². The Balaban J connectivity index is 1.62. The SMILES string of the molecule is CC(=O)O[C@H]1C[C@]2(C)[C@H](CC[C@@H]3[C@@]4(C)CC[C@H](OC(C)=O)C(C)(C)[C@@H]4[C@@H](OC(C)=O)C[C@]32C)[C@@]2(C)CC[C@@H](C(C)C)[C@H]12. The first-order valence-corrected chi connectivity index (χ1v) is 16.8. The minimum absolute atomic E-state index is 0.0730. The summed E-state index contributed by atoms with van der Waals surface area (Å²) in [6.45, 7) is 23.7. The number of hydrogen-bond donors (Lipinski definition) is 0. The van der Waals surface area contributed by atoms with Crippen molar-refractivity contribution in [2.75, 3.05) is 0 Å². The molecule has 0 spiro atoms. The smallest absolute Gasteiger partial charge is 0.302 e. The monoisotopic (exact) mass is 586 g/mol. The zero-order valence-electron chi connectivity index (χ0n) is 28.3. The van der Waals surface area contributed by atoms with Gasteiger partial charge in [0.2, 0.25) is 0 Å². The molecule has 0 amide bonds. The molecule has 0 N–H and O–H groups in total. The van der Waals surface area contributed by atoms with Crippen LogP contribution in [0.5, 0.6) is 0 Å². The lowest BCUT2D eigenvalue weighted by Crippen LogP contribution is -2.71. The fourth-order valence-corrected chi connectivity index (χ4v) is 13.3. The minimum atomic E-state index is -0.336. The van der Waals surface area contributed by atoms with Gasteiger partial charge in [0.05, 0.1) is 0 Å². The molecule has 5 fully saturated rings. The van der Waals surface area contributed by atoms with Crippen molar-refractivity contribution < 1.29 is 28.6 Å².